The van der Waals surface area contributed by atoms with Crippen molar-refractivity contribution in [3.05, 3.63) is 36.4 Å². The normalized spacial score (nSPS) is 16.9. The van der Waals surface area contributed by atoms with Gasteiger partial charge in [0.1, 0.15) is 11.6 Å². The molecular formula is C19H25N7O2. The van der Waals surface area contributed by atoms with E-state index in [0.29, 0.717) is 6.61 Å². The second-order valence-corrected chi connectivity index (χ2v) is 6.87. The maximum absolute atomic E-state index is 5.85. The molecule has 4 heterocycles. The van der Waals surface area contributed by atoms with E-state index in [0.717, 1.165) is 68.1 Å². The number of nitrogens with zero attached hydrogens (tertiary/aromatic N) is 6. The lowest BCUT2D eigenvalue weighted by Crippen LogP contribution is -2.20. The van der Waals surface area contributed by atoms with Gasteiger partial charge in [-0.3, -0.25) is 4.98 Å². The minimum Gasteiger partial charge on any atom is -0.492 e. The van der Waals surface area contributed by atoms with Crippen molar-refractivity contribution in [2.45, 2.75) is 51.2 Å². The van der Waals surface area contributed by atoms with Gasteiger partial charge < -0.3 is 9.47 Å². The van der Waals surface area contributed by atoms with E-state index in [9.17, 15) is 0 Å². The fraction of sp³-hybridized carbons (Fsp3) is 0.526. The number of tetrazole rings is 1. The van der Waals surface area contributed by atoms with Crippen LogP contribution >= 0.6 is 0 Å². The van der Waals surface area contributed by atoms with E-state index in [4.69, 9.17) is 9.47 Å². The molecule has 1 N–H and O–H groups in total. The molecule has 9 nitrogen and oxygen atoms in total. The molecule has 1 aliphatic rings. The molecule has 3 aromatic rings. The van der Waals surface area contributed by atoms with Crippen LogP contribution in [-0.2, 0) is 11.2 Å². The molecule has 0 bridgehead atoms. The summed E-state index contributed by atoms with van der Waals surface area (Å²) in [5.74, 6) is 1.61. The molecule has 3 aromatic heterocycles. The Morgan fingerprint density at radius 3 is 2.96 bits per heavy atom. The highest BCUT2D eigenvalue weighted by molar-refractivity contribution is 5.54. The fourth-order valence-electron chi connectivity index (χ4n) is 3.33. The average Bonchev–Trinajstić information content (AvgIpc) is 3.44. The summed E-state index contributed by atoms with van der Waals surface area (Å²) in [5, 5.41) is 18.2. The lowest BCUT2D eigenvalue weighted by Gasteiger charge is -2.24. The van der Waals surface area contributed by atoms with Crippen LogP contribution in [0.1, 0.15) is 50.6 Å². The Balaban J connectivity index is 1.24. The van der Waals surface area contributed by atoms with Crippen LogP contribution in [-0.4, -0.2) is 48.6 Å². The molecule has 9 heteroatoms. The van der Waals surface area contributed by atoms with E-state index < -0.39 is 0 Å². The number of pyridine rings is 1. The number of hydrogen-bond donors (Lipinski definition) is 1. The highest BCUT2D eigenvalue weighted by atomic mass is 16.5. The topological polar surface area (TPSA) is 104 Å². The molecular weight excluding hydrogens is 358 g/mol. The summed E-state index contributed by atoms with van der Waals surface area (Å²) in [6, 6.07) is 5.91. The van der Waals surface area contributed by atoms with E-state index in [2.05, 4.69) is 30.7 Å². The summed E-state index contributed by atoms with van der Waals surface area (Å²) in [7, 11) is 0. The predicted molar refractivity (Wildman–Crippen MR) is 102 cm³/mol. The maximum atomic E-state index is 5.85. The Kier molecular flexibility index (Phi) is 6.23. The van der Waals surface area contributed by atoms with E-state index >= 15 is 0 Å². The molecule has 148 valence electrons. The van der Waals surface area contributed by atoms with Crippen LogP contribution in [0.15, 0.2) is 30.6 Å². The Hall–Kier alpha value is -2.81. The molecule has 0 radical (unpaired) electrons. The maximum Gasteiger partial charge on any atom is 0.150 e. The summed E-state index contributed by atoms with van der Waals surface area (Å²) >= 11 is 0. The predicted octanol–water partition coefficient (Wildman–Crippen LogP) is 2.95. The number of H-pyrrole nitrogens is 1. The monoisotopic (exact) mass is 383 g/mol. The summed E-state index contributed by atoms with van der Waals surface area (Å²) in [6.07, 6.45) is 10.8. The first-order valence-corrected chi connectivity index (χ1v) is 9.87. The number of hydrogen-bond acceptors (Lipinski definition) is 7. The lowest BCUT2D eigenvalue weighted by atomic mass is 10.2. The van der Waals surface area contributed by atoms with Gasteiger partial charge in [0.15, 0.2) is 6.23 Å². The van der Waals surface area contributed by atoms with Crippen molar-refractivity contribution in [3.63, 3.8) is 0 Å². The first-order valence-electron chi connectivity index (χ1n) is 9.87. The molecule has 0 aliphatic carbocycles. The van der Waals surface area contributed by atoms with Gasteiger partial charge in [-0.15, -0.1) is 5.10 Å². The van der Waals surface area contributed by atoms with Crippen molar-refractivity contribution in [3.8, 4) is 17.1 Å². The third-order valence-corrected chi connectivity index (χ3v) is 4.81. The van der Waals surface area contributed by atoms with Crippen molar-refractivity contribution in [1.29, 1.82) is 0 Å². The Labute approximate surface area is 163 Å². The van der Waals surface area contributed by atoms with Gasteiger partial charge in [-0.25, -0.2) is 9.78 Å². The van der Waals surface area contributed by atoms with Gasteiger partial charge in [-0.05, 0) is 67.2 Å². The number of unbranched alkanes of at least 4 members (excludes halogenated alkanes) is 2. The van der Waals surface area contributed by atoms with Crippen molar-refractivity contribution in [1.82, 2.24) is 35.4 Å². The quantitative estimate of drug-likeness (QED) is 0.567. The molecule has 0 saturated carbocycles. The second kappa shape index (κ2) is 9.41. The van der Waals surface area contributed by atoms with Gasteiger partial charge in [-0.1, -0.05) is 0 Å². The first kappa shape index (κ1) is 18.5. The van der Waals surface area contributed by atoms with Gasteiger partial charge in [0.05, 0.1) is 24.2 Å². The van der Waals surface area contributed by atoms with Crippen molar-refractivity contribution >= 4 is 0 Å². The molecule has 0 spiro atoms. The summed E-state index contributed by atoms with van der Waals surface area (Å²) in [4.78, 5) is 4.56. The zero-order chi connectivity index (χ0) is 19.0. The lowest BCUT2D eigenvalue weighted by molar-refractivity contribution is -0.0384. The van der Waals surface area contributed by atoms with Crippen molar-refractivity contribution in [2.24, 2.45) is 0 Å². The van der Waals surface area contributed by atoms with E-state index in [1.807, 2.05) is 22.9 Å². The fourth-order valence-corrected chi connectivity index (χ4v) is 3.33. The van der Waals surface area contributed by atoms with Gasteiger partial charge in [0.25, 0.3) is 0 Å². The van der Waals surface area contributed by atoms with Crippen LogP contribution in [0, 0.1) is 0 Å². The number of ether oxygens (including phenoxy) is 2. The third kappa shape index (κ3) is 4.72. The Morgan fingerprint density at radius 1 is 1.18 bits per heavy atom. The number of rotatable bonds is 9. The minimum atomic E-state index is 0.00390. The Morgan fingerprint density at radius 2 is 2.18 bits per heavy atom. The summed E-state index contributed by atoms with van der Waals surface area (Å²) in [5.41, 5.74) is 1.85. The molecule has 1 fully saturated rings. The third-order valence-electron chi connectivity index (χ3n) is 4.81. The highest BCUT2D eigenvalue weighted by Gasteiger charge is 2.19. The van der Waals surface area contributed by atoms with Gasteiger partial charge in [0, 0.05) is 19.2 Å². The minimum absolute atomic E-state index is 0.00390. The van der Waals surface area contributed by atoms with Crippen LogP contribution in [0.2, 0.25) is 0 Å². The molecule has 1 saturated heterocycles. The molecule has 0 aromatic carbocycles. The van der Waals surface area contributed by atoms with E-state index in [-0.39, 0.29) is 6.23 Å². The molecule has 4 rings (SSSR count). The zero-order valence-corrected chi connectivity index (χ0v) is 15.8. The van der Waals surface area contributed by atoms with E-state index in [1.165, 1.54) is 6.42 Å². The first-order chi connectivity index (χ1) is 13.9. The number of aryl methyl sites for hydroxylation is 1. The van der Waals surface area contributed by atoms with Gasteiger partial charge in [-0.2, -0.15) is 5.10 Å². The zero-order valence-electron chi connectivity index (χ0n) is 15.8. The highest BCUT2D eigenvalue weighted by Crippen LogP contribution is 2.27. The molecule has 0 amide bonds. The number of aromatic amines is 1. The Bertz CT molecular complexity index is 826. The van der Waals surface area contributed by atoms with Crippen LogP contribution in [0.25, 0.3) is 11.4 Å². The van der Waals surface area contributed by atoms with Crippen LogP contribution in [0.5, 0.6) is 5.75 Å². The standard InChI is InChI=1S/C19H25N7O2/c1(2-6-18-22-24-25-23-18)4-12-27-15-8-9-16(20-14-15)17-10-11-21-26(17)19-7-3-5-13-28-19/h8-11,14,19H,1-7,12-13H2,(H,22,23,24,25). The largest absolute Gasteiger partial charge is 0.492 e. The molecule has 1 aliphatic heterocycles. The number of nitrogens with one attached hydrogen (secondary N) is 1. The molecule has 1 unspecified atom stereocenters. The average molecular weight is 383 g/mol. The van der Waals surface area contributed by atoms with Gasteiger partial charge >= 0.3 is 0 Å². The smallest absolute Gasteiger partial charge is 0.150 e. The van der Waals surface area contributed by atoms with Gasteiger partial charge in [0.2, 0.25) is 0 Å². The van der Waals surface area contributed by atoms with E-state index in [1.54, 1.807) is 12.4 Å². The van der Waals surface area contributed by atoms with Crippen LogP contribution < -0.4 is 4.74 Å². The van der Waals surface area contributed by atoms with Crippen molar-refractivity contribution in [2.75, 3.05) is 13.2 Å². The van der Waals surface area contributed by atoms with Crippen LogP contribution in [0.4, 0.5) is 0 Å². The van der Waals surface area contributed by atoms with Crippen LogP contribution in [0.3, 0.4) is 0 Å². The molecule has 28 heavy (non-hydrogen) atoms. The summed E-state index contributed by atoms with van der Waals surface area (Å²) in [6.45, 7) is 1.46. The van der Waals surface area contributed by atoms with Crippen molar-refractivity contribution < 1.29 is 9.47 Å². The SMILES string of the molecule is c1cc(-c2ccc(OCCCCCc3nnn[nH]3)cn2)n(C2CCCCO2)n1. The number of aromatic nitrogens is 7. The summed E-state index contributed by atoms with van der Waals surface area (Å²) < 4.78 is 13.6. The second-order valence-electron chi connectivity index (χ2n) is 6.87. The molecule has 1 atom stereocenters.